The summed E-state index contributed by atoms with van der Waals surface area (Å²) in [5.74, 6) is -1.32. The van der Waals surface area contributed by atoms with Gasteiger partial charge < -0.3 is 15.9 Å². The fourth-order valence-electron chi connectivity index (χ4n) is 3.06. The molecule has 0 aromatic heterocycles. The van der Waals surface area contributed by atoms with Crippen LogP contribution < -0.4 is 5.73 Å². The SMILES string of the molecule is CC(O)C1C(=O)N2C(C(=O)O)=C(SCCN)CC12C. The molecular formula is C12H18N2O4S. The van der Waals surface area contributed by atoms with Crippen LogP contribution in [0.1, 0.15) is 20.3 Å². The smallest absolute Gasteiger partial charge is 0.353 e. The molecule has 2 heterocycles. The van der Waals surface area contributed by atoms with Crippen LogP contribution in [0.15, 0.2) is 10.6 Å². The third-order valence-electron chi connectivity index (χ3n) is 3.75. The number of carboxylic acids is 1. The summed E-state index contributed by atoms with van der Waals surface area (Å²) < 4.78 is 0. The number of thioether (sulfide) groups is 1. The second-order valence-electron chi connectivity index (χ2n) is 5.14. The van der Waals surface area contributed by atoms with E-state index in [1.165, 1.54) is 16.7 Å². The standard InChI is InChI=1S/C12H18N2O4S/c1-6(15)8-10(16)14-9(11(17)18)7(19-4-3-13)5-12(8,14)2/h6,8,15H,3-5,13H2,1-2H3,(H,17,18). The lowest BCUT2D eigenvalue weighted by Gasteiger charge is -2.53. The van der Waals surface area contributed by atoms with Crippen molar-refractivity contribution in [2.75, 3.05) is 12.3 Å². The number of carbonyl (C=O) groups is 2. The third kappa shape index (κ3) is 1.96. The summed E-state index contributed by atoms with van der Waals surface area (Å²) in [5, 5.41) is 19.0. The number of aliphatic hydroxyl groups is 1. The van der Waals surface area contributed by atoms with Gasteiger partial charge in [-0.05, 0) is 13.8 Å². The summed E-state index contributed by atoms with van der Waals surface area (Å²) in [4.78, 5) is 25.4. The van der Waals surface area contributed by atoms with Gasteiger partial charge >= 0.3 is 5.97 Å². The number of rotatable bonds is 5. The van der Waals surface area contributed by atoms with Gasteiger partial charge in [-0.15, -0.1) is 11.8 Å². The number of hydrogen-bond donors (Lipinski definition) is 3. The Labute approximate surface area is 115 Å². The highest BCUT2D eigenvalue weighted by Crippen LogP contribution is 2.54. The Balaban J connectivity index is 2.32. The normalized spacial score (nSPS) is 31.3. The van der Waals surface area contributed by atoms with E-state index >= 15 is 0 Å². The zero-order chi connectivity index (χ0) is 14.4. The fraction of sp³-hybridized carbons (Fsp3) is 0.667. The molecule has 1 fully saturated rings. The van der Waals surface area contributed by atoms with Crippen LogP contribution in [0.2, 0.25) is 0 Å². The molecule has 0 spiro atoms. The average molecular weight is 286 g/mol. The Morgan fingerprint density at radius 3 is 2.79 bits per heavy atom. The molecule has 7 heteroatoms. The second kappa shape index (κ2) is 4.81. The van der Waals surface area contributed by atoms with E-state index in [-0.39, 0.29) is 11.6 Å². The summed E-state index contributed by atoms with van der Waals surface area (Å²) in [6.45, 7) is 3.84. The quantitative estimate of drug-likeness (QED) is 0.613. The van der Waals surface area contributed by atoms with E-state index in [0.29, 0.717) is 23.6 Å². The predicted octanol–water partition coefficient (Wildman–Crippen LogP) is -0.0239. The molecule has 2 aliphatic heterocycles. The minimum atomic E-state index is -1.10. The van der Waals surface area contributed by atoms with Crippen LogP contribution in [0.25, 0.3) is 0 Å². The number of β-lactam (4-membered cyclic amide) rings is 1. The van der Waals surface area contributed by atoms with Crippen molar-refractivity contribution in [3.63, 3.8) is 0 Å². The molecule has 0 radical (unpaired) electrons. The maximum absolute atomic E-state index is 12.1. The van der Waals surface area contributed by atoms with Crippen LogP contribution in [0.4, 0.5) is 0 Å². The second-order valence-corrected chi connectivity index (χ2v) is 6.33. The van der Waals surface area contributed by atoms with Gasteiger partial charge in [-0.3, -0.25) is 9.69 Å². The highest BCUT2D eigenvalue weighted by atomic mass is 32.2. The zero-order valence-electron chi connectivity index (χ0n) is 10.9. The van der Waals surface area contributed by atoms with Crippen LogP contribution in [0.5, 0.6) is 0 Å². The lowest BCUT2D eigenvalue weighted by atomic mass is 9.71. The van der Waals surface area contributed by atoms with Crippen molar-refractivity contribution in [2.45, 2.75) is 31.9 Å². The number of hydrogen-bond acceptors (Lipinski definition) is 5. The first-order valence-electron chi connectivity index (χ1n) is 6.16. The fourth-order valence-corrected chi connectivity index (χ4v) is 4.13. The summed E-state index contributed by atoms with van der Waals surface area (Å²) in [6.07, 6.45) is -0.302. The number of carbonyl (C=O) groups excluding carboxylic acids is 1. The van der Waals surface area contributed by atoms with Gasteiger partial charge in [0.1, 0.15) is 5.70 Å². The Morgan fingerprint density at radius 2 is 2.32 bits per heavy atom. The molecule has 3 unspecified atom stereocenters. The molecule has 2 rings (SSSR count). The maximum Gasteiger partial charge on any atom is 0.353 e. The number of nitrogens with zero attached hydrogens (tertiary/aromatic N) is 1. The Kier molecular flexibility index (Phi) is 3.63. The molecule has 4 N–H and O–H groups in total. The van der Waals surface area contributed by atoms with Crippen molar-refractivity contribution in [3.05, 3.63) is 10.6 Å². The molecule has 0 aromatic carbocycles. The van der Waals surface area contributed by atoms with Crippen LogP contribution in [-0.2, 0) is 9.59 Å². The van der Waals surface area contributed by atoms with Gasteiger partial charge in [0.15, 0.2) is 0 Å². The monoisotopic (exact) mass is 286 g/mol. The van der Waals surface area contributed by atoms with Gasteiger partial charge in [0.2, 0.25) is 5.91 Å². The van der Waals surface area contributed by atoms with Crippen LogP contribution >= 0.6 is 11.8 Å². The maximum atomic E-state index is 12.1. The van der Waals surface area contributed by atoms with Crippen molar-refractivity contribution in [2.24, 2.45) is 11.7 Å². The van der Waals surface area contributed by atoms with E-state index < -0.39 is 23.5 Å². The van der Waals surface area contributed by atoms with Gasteiger partial charge in [-0.2, -0.15) is 0 Å². The van der Waals surface area contributed by atoms with Crippen molar-refractivity contribution in [3.8, 4) is 0 Å². The Hall–Kier alpha value is -1.05. The van der Waals surface area contributed by atoms with Crippen molar-refractivity contribution in [1.82, 2.24) is 4.90 Å². The summed E-state index contributed by atoms with van der Waals surface area (Å²) in [7, 11) is 0. The number of nitrogens with two attached hydrogens (primary N) is 1. The van der Waals surface area contributed by atoms with Crippen LogP contribution in [-0.4, -0.2) is 50.9 Å². The molecule has 0 bridgehead atoms. The highest BCUT2D eigenvalue weighted by Gasteiger charge is 2.64. The minimum absolute atomic E-state index is 0.0582. The van der Waals surface area contributed by atoms with Gasteiger partial charge in [0.25, 0.3) is 0 Å². The van der Waals surface area contributed by atoms with E-state index in [1.807, 2.05) is 6.92 Å². The number of aliphatic carboxylic acids is 1. The van der Waals surface area contributed by atoms with E-state index in [9.17, 15) is 19.8 Å². The van der Waals surface area contributed by atoms with Crippen LogP contribution in [0, 0.1) is 5.92 Å². The molecule has 1 saturated heterocycles. The van der Waals surface area contributed by atoms with E-state index in [4.69, 9.17) is 5.73 Å². The van der Waals surface area contributed by atoms with E-state index in [0.717, 1.165) is 0 Å². The molecule has 0 saturated carbocycles. The first kappa shape index (κ1) is 14.4. The summed E-state index contributed by atoms with van der Waals surface area (Å²) in [5.41, 5.74) is 4.88. The molecule has 3 atom stereocenters. The molecule has 19 heavy (non-hydrogen) atoms. The van der Waals surface area contributed by atoms with E-state index in [2.05, 4.69) is 0 Å². The lowest BCUT2D eigenvalue weighted by Crippen LogP contribution is -2.69. The predicted molar refractivity (Wildman–Crippen MR) is 71.2 cm³/mol. The highest BCUT2D eigenvalue weighted by molar-refractivity contribution is 8.03. The number of amides is 1. The Morgan fingerprint density at radius 1 is 1.68 bits per heavy atom. The molecule has 0 aliphatic carbocycles. The molecule has 6 nitrogen and oxygen atoms in total. The first-order valence-corrected chi connectivity index (χ1v) is 7.14. The van der Waals surface area contributed by atoms with Crippen molar-refractivity contribution < 1.29 is 19.8 Å². The molecular weight excluding hydrogens is 268 g/mol. The Bertz CT molecular complexity index is 463. The zero-order valence-corrected chi connectivity index (χ0v) is 11.7. The largest absolute Gasteiger partial charge is 0.477 e. The lowest BCUT2D eigenvalue weighted by molar-refractivity contribution is -0.173. The van der Waals surface area contributed by atoms with Crippen molar-refractivity contribution in [1.29, 1.82) is 0 Å². The van der Waals surface area contributed by atoms with Gasteiger partial charge in [-0.1, -0.05) is 0 Å². The third-order valence-corrected chi connectivity index (χ3v) is 4.88. The molecule has 1 amide bonds. The van der Waals surface area contributed by atoms with Gasteiger partial charge in [-0.25, -0.2) is 4.79 Å². The summed E-state index contributed by atoms with van der Waals surface area (Å²) in [6, 6.07) is 0. The topological polar surface area (TPSA) is 104 Å². The van der Waals surface area contributed by atoms with Crippen molar-refractivity contribution >= 4 is 23.6 Å². The van der Waals surface area contributed by atoms with Gasteiger partial charge in [0.05, 0.1) is 17.6 Å². The van der Waals surface area contributed by atoms with Crippen LogP contribution in [0.3, 0.4) is 0 Å². The van der Waals surface area contributed by atoms with Gasteiger partial charge in [0, 0.05) is 23.6 Å². The average Bonchev–Trinajstić information content (AvgIpc) is 2.55. The minimum Gasteiger partial charge on any atom is -0.477 e. The number of carboxylic acid groups (broad SMARTS) is 1. The van der Waals surface area contributed by atoms with E-state index in [1.54, 1.807) is 6.92 Å². The molecule has 106 valence electrons. The summed E-state index contributed by atoms with van der Waals surface area (Å²) >= 11 is 1.38. The first-order chi connectivity index (χ1) is 8.84. The molecule has 0 aromatic rings. The number of aliphatic hydroxyl groups excluding tert-OH is 1. The molecule has 2 aliphatic rings. The number of fused-ring (bicyclic) bond motifs is 1.